The van der Waals surface area contributed by atoms with Gasteiger partial charge in [0.15, 0.2) is 0 Å². The van der Waals surface area contributed by atoms with Crippen LogP contribution < -0.4 is 0 Å². The van der Waals surface area contributed by atoms with Gasteiger partial charge >= 0.3 is 0 Å². The van der Waals surface area contributed by atoms with Crippen molar-refractivity contribution < 1.29 is 13.6 Å². The van der Waals surface area contributed by atoms with E-state index < -0.39 is 6.43 Å². The lowest BCUT2D eigenvalue weighted by Crippen LogP contribution is -1.89. The molecule has 0 atom stereocenters. The highest BCUT2D eigenvalue weighted by molar-refractivity contribution is 5.79. The molecule has 0 saturated heterocycles. The second-order valence-electron chi connectivity index (χ2n) is 4.42. The average molecular weight is 287 g/mol. The van der Waals surface area contributed by atoms with Gasteiger partial charge in [-0.3, -0.25) is 0 Å². The van der Waals surface area contributed by atoms with Gasteiger partial charge in [0.25, 0.3) is 6.43 Å². The van der Waals surface area contributed by atoms with Gasteiger partial charge in [0, 0.05) is 5.56 Å². The van der Waals surface area contributed by atoms with Crippen LogP contribution in [0.15, 0.2) is 60.3 Å². The highest BCUT2D eigenvalue weighted by Gasteiger charge is 2.04. The van der Waals surface area contributed by atoms with Gasteiger partial charge in [0.05, 0.1) is 6.21 Å². The first-order valence-corrected chi connectivity index (χ1v) is 6.44. The fourth-order valence-electron chi connectivity index (χ4n) is 1.69. The van der Waals surface area contributed by atoms with Crippen molar-refractivity contribution in [2.24, 2.45) is 5.16 Å². The summed E-state index contributed by atoms with van der Waals surface area (Å²) in [4.78, 5) is 5.17. The maximum absolute atomic E-state index is 12.4. The summed E-state index contributed by atoms with van der Waals surface area (Å²) in [5, 5.41) is 3.82. The van der Waals surface area contributed by atoms with Crippen LogP contribution in [-0.4, -0.2) is 6.21 Å². The smallest absolute Gasteiger partial charge is 0.263 e. The first-order valence-electron chi connectivity index (χ1n) is 6.44. The molecule has 0 aromatic heterocycles. The number of halogens is 2. The van der Waals surface area contributed by atoms with Crippen LogP contribution in [0.4, 0.5) is 8.78 Å². The Bertz CT molecular complexity index is 604. The Morgan fingerprint density at radius 3 is 2.19 bits per heavy atom. The zero-order chi connectivity index (χ0) is 15.1. The van der Waals surface area contributed by atoms with Crippen LogP contribution in [0.3, 0.4) is 0 Å². The normalized spacial score (nSPS) is 11.0. The van der Waals surface area contributed by atoms with E-state index in [9.17, 15) is 8.78 Å². The van der Waals surface area contributed by atoms with Crippen molar-refractivity contribution in [2.45, 2.75) is 13.0 Å². The Morgan fingerprint density at radius 2 is 1.62 bits per heavy atom. The van der Waals surface area contributed by atoms with E-state index in [1.54, 1.807) is 18.2 Å². The third-order valence-electron chi connectivity index (χ3n) is 2.91. The molecule has 0 fully saturated rings. The topological polar surface area (TPSA) is 21.6 Å². The monoisotopic (exact) mass is 287 g/mol. The predicted molar refractivity (Wildman–Crippen MR) is 80.3 cm³/mol. The molecule has 21 heavy (non-hydrogen) atoms. The van der Waals surface area contributed by atoms with E-state index in [-0.39, 0.29) is 5.56 Å². The van der Waals surface area contributed by atoms with Gasteiger partial charge in [-0.15, -0.1) is 0 Å². The maximum Gasteiger partial charge on any atom is 0.263 e. The molecule has 0 aliphatic rings. The molecular weight excluding hydrogens is 272 g/mol. The largest absolute Gasteiger partial charge is 0.391 e. The van der Waals surface area contributed by atoms with Crippen molar-refractivity contribution >= 4 is 12.3 Å². The molecule has 2 aromatic carbocycles. The molecule has 0 aliphatic carbocycles. The molecule has 0 amide bonds. The van der Waals surface area contributed by atoms with Gasteiger partial charge in [0.1, 0.15) is 6.61 Å². The zero-order valence-corrected chi connectivity index (χ0v) is 11.4. The third-order valence-corrected chi connectivity index (χ3v) is 2.91. The SMILES string of the molecule is C=Cc1ccc(CON=Cc2ccc(C(F)F)cc2)cc1. The van der Waals surface area contributed by atoms with Gasteiger partial charge in [-0.2, -0.15) is 0 Å². The van der Waals surface area contributed by atoms with Crippen LogP contribution >= 0.6 is 0 Å². The number of oxime groups is 1. The first-order chi connectivity index (χ1) is 10.2. The van der Waals surface area contributed by atoms with Crippen LogP contribution in [0.5, 0.6) is 0 Å². The fraction of sp³-hybridized carbons (Fsp3) is 0.118. The summed E-state index contributed by atoms with van der Waals surface area (Å²) in [5.41, 5.74) is 2.74. The number of hydrogen-bond donors (Lipinski definition) is 0. The molecule has 2 nitrogen and oxygen atoms in total. The summed E-state index contributed by atoms with van der Waals surface area (Å²) in [6.45, 7) is 4.04. The van der Waals surface area contributed by atoms with Gasteiger partial charge in [0.2, 0.25) is 0 Å². The molecule has 0 heterocycles. The van der Waals surface area contributed by atoms with Crippen LogP contribution in [0.1, 0.15) is 28.7 Å². The molecule has 2 aromatic rings. The van der Waals surface area contributed by atoms with Gasteiger partial charge in [-0.1, -0.05) is 66.3 Å². The molecule has 0 bridgehead atoms. The second-order valence-corrected chi connectivity index (χ2v) is 4.42. The molecule has 0 N–H and O–H groups in total. The zero-order valence-electron chi connectivity index (χ0n) is 11.4. The Labute approximate surface area is 122 Å². The number of alkyl halides is 2. The minimum absolute atomic E-state index is 0.00428. The van der Waals surface area contributed by atoms with Gasteiger partial charge in [-0.25, -0.2) is 8.78 Å². The van der Waals surface area contributed by atoms with Crippen molar-refractivity contribution in [3.63, 3.8) is 0 Å². The molecule has 108 valence electrons. The van der Waals surface area contributed by atoms with E-state index in [2.05, 4.69) is 11.7 Å². The Morgan fingerprint density at radius 1 is 1.00 bits per heavy atom. The molecule has 2 rings (SSSR count). The van der Waals surface area contributed by atoms with Crippen molar-refractivity contribution in [1.29, 1.82) is 0 Å². The van der Waals surface area contributed by atoms with Crippen LogP contribution in [0.2, 0.25) is 0 Å². The standard InChI is InChI=1S/C17H15F2NO/c1-2-13-3-5-15(6-4-13)12-21-20-11-14-7-9-16(10-8-14)17(18)19/h2-11,17H,1,12H2. The number of rotatable bonds is 6. The van der Waals surface area contributed by atoms with E-state index in [1.807, 2.05) is 24.3 Å². The molecule has 0 aliphatic heterocycles. The summed E-state index contributed by atoms with van der Waals surface area (Å²) in [6, 6.07) is 13.7. The fourth-order valence-corrected chi connectivity index (χ4v) is 1.69. The number of nitrogens with zero attached hydrogens (tertiary/aromatic N) is 1. The first kappa shape index (κ1) is 14.9. The van der Waals surface area contributed by atoms with Crippen molar-refractivity contribution in [3.8, 4) is 0 Å². The third kappa shape index (κ3) is 4.53. The molecule has 0 spiro atoms. The molecule has 0 unspecified atom stereocenters. The molecule has 4 heteroatoms. The second kappa shape index (κ2) is 7.33. The molecule has 0 saturated carbocycles. The minimum atomic E-state index is -2.45. The van der Waals surface area contributed by atoms with E-state index in [0.717, 1.165) is 11.1 Å². The number of benzene rings is 2. The lowest BCUT2D eigenvalue weighted by Gasteiger charge is -2.01. The number of hydrogen-bond acceptors (Lipinski definition) is 2. The van der Waals surface area contributed by atoms with E-state index in [4.69, 9.17) is 4.84 Å². The van der Waals surface area contributed by atoms with E-state index >= 15 is 0 Å². The predicted octanol–water partition coefficient (Wildman–Crippen LogP) is 4.82. The van der Waals surface area contributed by atoms with Crippen LogP contribution in [0.25, 0.3) is 6.08 Å². The van der Waals surface area contributed by atoms with Crippen molar-refractivity contribution in [1.82, 2.24) is 0 Å². The Hall–Kier alpha value is -2.49. The summed E-state index contributed by atoms with van der Waals surface area (Å²) in [5.74, 6) is 0. The van der Waals surface area contributed by atoms with Crippen molar-refractivity contribution in [2.75, 3.05) is 0 Å². The summed E-state index contributed by atoms with van der Waals surface area (Å²) in [7, 11) is 0. The summed E-state index contributed by atoms with van der Waals surface area (Å²) >= 11 is 0. The summed E-state index contributed by atoms with van der Waals surface area (Å²) in [6.07, 6.45) is 0.810. The Balaban J connectivity index is 1.85. The highest BCUT2D eigenvalue weighted by atomic mass is 19.3. The summed E-state index contributed by atoms with van der Waals surface area (Å²) < 4.78 is 24.8. The lowest BCUT2D eigenvalue weighted by atomic mass is 10.1. The van der Waals surface area contributed by atoms with Gasteiger partial charge < -0.3 is 4.84 Å². The maximum atomic E-state index is 12.4. The average Bonchev–Trinajstić information content (AvgIpc) is 2.52. The lowest BCUT2D eigenvalue weighted by molar-refractivity contribution is 0.132. The Kier molecular flexibility index (Phi) is 5.21. The van der Waals surface area contributed by atoms with Crippen LogP contribution in [-0.2, 0) is 11.4 Å². The molecule has 0 radical (unpaired) electrons. The van der Waals surface area contributed by atoms with Crippen molar-refractivity contribution in [3.05, 3.63) is 77.4 Å². The van der Waals surface area contributed by atoms with Gasteiger partial charge in [-0.05, 0) is 16.7 Å². The highest BCUT2D eigenvalue weighted by Crippen LogP contribution is 2.18. The minimum Gasteiger partial charge on any atom is -0.391 e. The van der Waals surface area contributed by atoms with E-state index in [1.165, 1.54) is 18.3 Å². The van der Waals surface area contributed by atoms with E-state index in [0.29, 0.717) is 12.2 Å². The quantitative estimate of drug-likeness (QED) is 0.551. The molecular formula is C17H15F2NO. The van der Waals surface area contributed by atoms with Crippen LogP contribution in [0, 0.1) is 0 Å².